The van der Waals surface area contributed by atoms with E-state index in [0.717, 1.165) is 11.3 Å². The van der Waals surface area contributed by atoms with Crippen molar-refractivity contribution in [1.29, 1.82) is 0 Å². The fraction of sp³-hybridized carbons (Fsp3) is 0.214. The number of carboxylic acid groups (broad SMARTS) is 1. The molecule has 0 fully saturated rings. The van der Waals surface area contributed by atoms with Crippen LogP contribution in [-0.4, -0.2) is 24.7 Å². The number of anilines is 1. The van der Waals surface area contributed by atoms with Gasteiger partial charge in [0.25, 0.3) is 0 Å². The molecule has 0 amide bonds. The van der Waals surface area contributed by atoms with Crippen molar-refractivity contribution < 1.29 is 14.6 Å². The molecule has 0 unspecified atom stereocenters. The normalized spacial score (nSPS) is 10.9. The van der Waals surface area contributed by atoms with E-state index in [1.807, 2.05) is 36.4 Å². The summed E-state index contributed by atoms with van der Waals surface area (Å²) in [4.78, 5) is 10.5. The first-order valence-electron chi connectivity index (χ1n) is 5.61. The van der Waals surface area contributed by atoms with E-state index in [9.17, 15) is 4.79 Å². The predicted molar refractivity (Wildman–Crippen MR) is 71.6 cm³/mol. The number of carboxylic acids is 1. The summed E-state index contributed by atoms with van der Waals surface area (Å²) < 4.78 is 4.75. The van der Waals surface area contributed by atoms with Gasteiger partial charge in [-0.05, 0) is 23.8 Å². The summed E-state index contributed by atoms with van der Waals surface area (Å²) in [6.45, 7) is 0.701. The van der Waals surface area contributed by atoms with Crippen LogP contribution in [0.1, 0.15) is 5.56 Å². The van der Waals surface area contributed by atoms with Gasteiger partial charge in [0.1, 0.15) is 0 Å². The van der Waals surface area contributed by atoms with Crippen molar-refractivity contribution >= 4 is 11.7 Å². The summed E-state index contributed by atoms with van der Waals surface area (Å²) in [5.41, 5.74) is 1.76. The lowest BCUT2D eigenvalue weighted by atomic mass is 10.1. The Hall–Kier alpha value is -2.23. The molecule has 2 N–H and O–H groups in total. The molecule has 0 spiro atoms. The van der Waals surface area contributed by atoms with Crippen molar-refractivity contribution in [3.8, 4) is 0 Å². The SMILES string of the molecule is CO/C=C\C=C\CNc1ccc(CC(=O)O)cc1. The van der Waals surface area contributed by atoms with Crippen molar-refractivity contribution in [3.63, 3.8) is 0 Å². The van der Waals surface area contributed by atoms with Crippen LogP contribution in [0, 0.1) is 0 Å². The van der Waals surface area contributed by atoms with Crippen LogP contribution >= 0.6 is 0 Å². The third-order valence-corrected chi connectivity index (χ3v) is 2.20. The van der Waals surface area contributed by atoms with E-state index >= 15 is 0 Å². The average molecular weight is 247 g/mol. The molecule has 1 aromatic rings. The van der Waals surface area contributed by atoms with Gasteiger partial charge < -0.3 is 15.2 Å². The van der Waals surface area contributed by atoms with Gasteiger partial charge in [-0.25, -0.2) is 0 Å². The highest BCUT2D eigenvalue weighted by molar-refractivity contribution is 5.70. The van der Waals surface area contributed by atoms with E-state index in [-0.39, 0.29) is 6.42 Å². The van der Waals surface area contributed by atoms with Crippen LogP contribution in [0.2, 0.25) is 0 Å². The van der Waals surface area contributed by atoms with Crippen molar-refractivity contribution in [1.82, 2.24) is 0 Å². The lowest BCUT2D eigenvalue weighted by Crippen LogP contribution is -2.01. The molecule has 0 bridgehead atoms. The fourth-order valence-electron chi connectivity index (χ4n) is 1.36. The molecule has 96 valence electrons. The summed E-state index contributed by atoms with van der Waals surface area (Å²) in [5, 5.41) is 11.8. The molecule has 0 aliphatic carbocycles. The first-order valence-corrected chi connectivity index (χ1v) is 5.61. The molecule has 0 radical (unpaired) electrons. The zero-order chi connectivity index (χ0) is 13.2. The van der Waals surface area contributed by atoms with Crippen LogP contribution < -0.4 is 5.32 Å². The Morgan fingerprint density at radius 2 is 2.06 bits per heavy atom. The highest BCUT2D eigenvalue weighted by Crippen LogP contribution is 2.09. The van der Waals surface area contributed by atoms with Gasteiger partial charge in [-0.3, -0.25) is 4.79 Å². The van der Waals surface area contributed by atoms with Crippen LogP contribution in [-0.2, 0) is 16.0 Å². The minimum atomic E-state index is -0.816. The predicted octanol–water partition coefficient (Wildman–Crippen LogP) is 2.44. The first-order chi connectivity index (χ1) is 8.72. The second-order valence-corrected chi connectivity index (χ2v) is 3.64. The summed E-state index contributed by atoms with van der Waals surface area (Å²) in [6, 6.07) is 7.37. The zero-order valence-corrected chi connectivity index (χ0v) is 10.3. The maximum Gasteiger partial charge on any atom is 0.307 e. The Morgan fingerprint density at radius 3 is 2.67 bits per heavy atom. The summed E-state index contributed by atoms with van der Waals surface area (Å²) >= 11 is 0. The standard InChI is InChI=1S/C14H17NO3/c1-18-10-4-2-3-9-15-13-7-5-12(6-8-13)11-14(16)17/h2-8,10,15H,9,11H2,1H3,(H,16,17)/b3-2+,10-4-. The number of methoxy groups -OCH3 is 1. The van der Waals surface area contributed by atoms with E-state index < -0.39 is 5.97 Å². The van der Waals surface area contributed by atoms with Gasteiger partial charge in [-0.2, -0.15) is 0 Å². The third kappa shape index (κ3) is 5.75. The van der Waals surface area contributed by atoms with E-state index in [1.165, 1.54) is 0 Å². The minimum Gasteiger partial charge on any atom is -0.504 e. The van der Waals surface area contributed by atoms with E-state index in [2.05, 4.69) is 5.32 Å². The number of rotatable bonds is 7. The number of hydrogen-bond acceptors (Lipinski definition) is 3. The number of ether oxygens (including phenoxy) is 1. The second kappa shape index (κ2) is 7.95. The van der Waals surface area contributed by atoms with Gasteiger partial charge in [0.2, 0.25) is 0 Å². The van der Waals surface area contributed by atoms with Crippen molar-refractivity contribution in [2.75, 3.05) is 19.0 Å². The monoisotopic (exact) mass is 247 g/mol. The maximum absolute atomic E-state index is 10.5. The van der Waals surface area contributed by atoms with Crippen LogP contribution in [0.3, 0.4) is 0 Å². The Morgan fingerprint density at radius 1 is 1.33 bits per heavy atom. The Bertz CT molecular complexity index is 421. The minimum absolute atomic E-state index is 0.0575. The third-order valence-electron chi connectivity index (χ3n) is 2.20. The number of nitrogens with one attached hydrogen (secondary N) is 1. The molecule has 0 saturated heterocycles. The van der Waals surface area contributed by atoms with Crippen molar-refractivity contribution in [2.24, 2.45) is 0 Å². The molecule has 4 nitrogen and oxygen atoms in total. The van der Waals surface area contributed by atoms with Crippen LogP contribution in [0.4, 0.5) is 5.69 Å². The molecule has 0 saturated carbocycles. The molecular formula is C14H17NO3. The topological polar surface area (TPSA) is 58.6 Å². The number of benzene rings is 1. The van der Waals surface area contributed by atoms with E-state index in [1.54, 1.807) is 19.4 Å². The molecule has 18 heavy (non-hydrogen) atoms. The average Bonchev–Trinajstić information content (AvgIpc) is 2.35. The first kappa shape index (κ1) is 13.8. The zero-order valence-electron chi connectivity index (χ0n) is 10.3. The Balaban J connectivity index is 2.37. The highest BCUT2D eigenvalue weighted by atomic mass is 16.5. The molecule has 0 heterocycles. The number of aliphatic carboxylic acids is 1. The number of allylic oxidation sites excluding steroid dienone is 2. The highest BCUT2D eigenvalue weighted by Gasteiger charge is 1.99. The van der Waals surface area contributed by atoms with Gasteiger partial charge in [-0.1, -0.05) is 24.3 Å². The number of carbonyl (C=O) groups is 1. The van der Waals surface area contributed by atoms with Crippen LogP contribution in [0.5, 0.6) is 0 Å². The lowest BCUT2D eigenvalue weighted by Gasteiger charge is -2.04. The Labute approximate surface area is 107 Å². The summed E-state index contributed by atoms with van der Waals surface area (Å²) in [7, 11) is 1.60. The molecule has 0 atom stereocenters. The fourth-order valence-corrected chi connectivity index (χ4v) is 1.36. The van der Waals surface area contributed by atoms with Gasteiger partial charge in [0.15, 0.2) is 0 Å². The molecule has 1 rings (SSSR count). The summed E-state index contributed by atoms with van der Waals surface area (Å²) in [6.07, 6.45) is 7.30. The van der Waals surface area contributed by atoms with E-state index in [4.69, 9.17) is 9.84 Å². The molecule has 0 aliphatic rings. The largest absolute Gasteiger partial charge is 0.504 e. The van der Waals surface area contributed by atoms with Crippen LogP contribution in [0.25, 0.3) is 0 Å². The smallest absolute Gasteiger partial charge is 0.307 e. The van der Waals surface area contributed by atoms with Gasteiger partial charge in [0, 0.05) is 12.2 Å². The van der Waals surface area contributed by atoms with Gasteiger partial charge in [-0.15, -0.1) is 0 Å². The van der Waals surface area contributed by atoms with Gasteiger partial charge in [0.05, 0.1) is 19.8 Å². The van der Waals surface area contributed by atoms with Gasteiger partial charge >= 0.3 is 5.97 Å². The Kier molecular flexibility index (Phi) is 6.11. The lowest BCUT2D eigenvalue weighted by molar-refractivity contribution is -0.136. The molecule has 4 heteroatoms. The molecule has 1 aromatic carbocycles. The van der Waals surface area contributed by atoms with E-state index in [0.29, 0.717) is 6.54 Å². The van der Waals surface area contributed by atoms with Crippen LogP contribution in [0.15, 0.2) is 48.8 Å². The quantitative estimate of drug-likeness (QED) is 0.574. The van der Waals surface area contributed by atoms with Crippen molar-refractivity contribution in [2.45, 2.75) is 6.42 Å². The molecular weight excluding hydrogens is 230 g/mol. The second-order valence-electron chi connectivity index (χ2n) is 3.64. The molecule has 0 aliphatic heterocycles. The number of hydrogen-bond donors (Lipinski definition) is 2. The maximum atomic E-state index is 10.5. The van der Waals surface area contributed by atoms with Crippen molar-refractivity contribution in [3.05, 3.63) is 54.3 Å². The summed E-state index contributed by atoms with van der Waals surface area (Å²) in [5.74, 6) is -0.816. The molecule has 0 aromatic heterocycles.